The number of ether oxygens (including phenoxy) is 1. The zero-order valence-electron chi connectivity index (χ0n) is 14.2. The Balaban J connectivity index is 1.92. The van der Waals surface area contributed by atoms with Gasteiger partial charge in [-0.1, -0.05) is 24.3 Å². The molecule has 0 aliphatic heterocycles. The molecule has 7 heteroatoms. The maximum atomic E-state index is 14.0. The molecule has 0 aromatic heterocycles. The van der Waals surface area contributed by atoms with E-state index in [1.54, 1.807) is 12.1 Å². The van der Waals surface area contributed by atoms with Crippen molar-refractivity contribution in [3.63, 3.8) is 0 Å². The van der Waals surface area contributed by atoms with Crippen LogP contribution in [-0.2, 0) is 16.0 Å². The zero-order chi connectivity index (χ0) is 19.1. The summed E-state index contributed by atoms with van der Waals surface area (Å²) in [6.07, 6.45) is 0.156. The van der Waals surface area contributed by atoms with Crippen LogP contribution >= 0.6 is 0 Å². The molecule has 0 saturated carbocycles. The summed E-state index contributed by atoms with van der Waals surface area (Å²) >= 11 is 0. The van der Waals surface area contributed by atoms with Gasteiger partial charge in [0.25, 0.3) is 0 Å². The number of carbonyl (C=O) groups excluding carboxylic acids is 1. The number of hydrogen-bond acceptors (Lipinski definition) is 3. The van der Waals surface area contributed by atoms with Crippen LogP contribution in [0.2, 0.25) is 0 Å². The summed E-state index contributed by atoms with van der Waals surface area (Å²) in [6, 6.07) is 9.74. The number of halogens is 2. The molecule has 2 N–H and O–H groups in total. The number of carboxylic acids is 1. The Bertz CT molecular complexity index is 778. The lowest BCUT2D eigenvalue weighted by atomic mass is 9.99. The molecule has 26 heavy (non-hydrogen) atoms. The Morgan fingerprint density at radius 2 is 1.85 bits per heavy atom. The summed E-state index contributed by atoms with van der Waals surface area (Å²) in [4.78, 5) is 23.4. The van der Waals surface area contributed by atoms with Gasteiger partial charge in [-0.05, 0) is 35.7 Å². The second-order valence-corrected chi connectivity index (χ2v) is 5.68. The monoisotopic (exact) mass is 363 g/mol. The topological polar surface area (TPSA) is 75.6 Å². The van der Waals surface area contributed by atoms with E-state index in [2.05, 4.69) is 5.32 Å². The van der Waals surface area contributed by atoms with Crippen molar-refractivity contribution in [2.75, 3.05) is 13.7 Å². The fraction of sp³-hybridized carbons (Fsp3) is 0.263. The van der Waals surface area contributed by atoms with E-state index in [-0.39, 0.29) is 25.1 Å². The standard InChI is InChI=1S/C19H19F2NO4/c1-26-16-4-2-3-13(18(16)21)7-10-17(23)22-11-15(19(24)25)12-5-8-14(20)9-6-12/h2-6,8-9,15H,7,10-11H2,1H3,(H,22,23)(H,24,25). The van der Waals surface area contributed by atoms with Crippen molar-refractivity contribution in [1.29, 1.82) is 0 Å². The Morgan fingerprint density at radius 3 is 2.46 bits per heavy atom. The van der Waals surface area contributed by atoms with Crippen LogP contribution in [0.5, 0.6) is 5.75 Å². The van der Waals surface area contributed by atoms with Crippen molar-refractivity contribution >= 4 is 11.9 Å². The van der Waals surface area contributed by atoms with Gasteiger partial charge in [-0.2, -0.15) is 0 Å². The molecule has 0 bridgehead atoms. The summed E-state index contributed by atoms with van der Waals surface area (Å²) in [5.74, 6) is -3.41. The van der Waals surface area contributed by atoms with Crippen LogP contribution in [0.3, 0.4) is 0 Å². The Labute approximate surface area is 149 Å². The summed E-state index contributed by atoms with van der Waals surface area (Å²) < 4.78 is 31.9. The molecule has 2 aromatic rings. The summed E-state index contributed by atoms with van der Waals surface area (Å²) in [6.45, 7) is -0.139. The molecule has 0 aliphatic rings. The lowest BCUT2D eigenvalue weighted by Crippen LogP contribution is -2.31. The summed E-state index contributed by atoms with van der Waals surface area (Å²) in [5, 5.41) is 11.8. The highest BCUT2D eigenvalue weighted by Crippen LogP contribution is 2.21. The summed E-state index contributed by atoms with van der Waals surface area (Å²) in [7, 11) is 1.36. The quantitative estimate of drug-likeness (QED) is 0.756. The molecule has 0 aliphatic carbocycles. The first kappa shape index (κ1) is 19.4. The van der Waals surface area contributed by atoms with Crippen molar-refractivity contribution < 1.29 is 28.2 Å². The smallest absolute Gasteiger partial charge is 0.312 e. The maximum Gasteiger partial charge on any atom is 0.312 e. The summed E-state index contributed by atoms with van der Waals surface area (Å²) in [5.41, 5.74) is 0.728. The highest BCUT2D eigenvalue weighted by atomic mass is 19.1. The number of aliphatic carboxylic acids is 1. The first-order valence-electron chi connectivity index (χ1n) is 7.98. The van der Waals surface area contributed by atoms with Crippen LogP contribution in [0, 0.1) is 11.6 Å². The van der Waals surface area contributed by atoms with Crippen LogP contribution in [0.25, 0.3) is 0 Å². The van der Waals surface area contributed by atoms with Crippen molar-refractivity contribution in [3.05, 3.63) is 65.2 Å². The first-order chi connectivity index (χ1) is 12.4. The molecule has 1 unspecified atom stereocenters. The van der Waals surface area contributed by atoms with E-state index in [9.17, 15) is 23.5 Å². The second kappa shape index (κ2) is 8.94. The molecule has 2 rings (SSSR count). The van der Waals surface area contributed by atoms with Gasteiger partial charge in [0.2, 0.25) is 5.91 Å². The van der Waals surface area contributed by atoms with Gasteiger partial charge in [-0.15, -0.1) is 0 Å². The number of amides is 1. The largest absolute Gasteiger partial charge is 0.494 e. The van der Waals surface area contributed by atoms with Crippen LogP contribution in [-0.4, -0.2) is 30.6 Å². The number of benzene rings is 2. The molecular weight excluding hydrogens is 344 g/mol. The number of carboxylic acid groups (broad SMARTS) is 1. The van der Waals surface area contributed by atoms with Crippen LogP contribution in [0.4, 0.5) is 8.78 Å². The van der Waals surface area contributed by atoms with Crippen molar-refractivity contribution in [3.8, 4) is 5.75 Å². The lowest BCUT2D eigenvalue weighted by molar-refractivity contribution is -0.138. The molecule has 1 atom stereocenters. The van der Waals surface area contributed by atoms with E-state index >= 15 is 0 Å². The number of rotatable bonds is 8. The molecule has 0 heterocycles. The Morgan fingerprint density at radius 1 is 1.15 bits per heavy atom. The van der Waals surface area contributed by atoms with Gasteiger partial charge in [0.05, 0.1) is 13.0 Å². The van der Waals surface area contributed by atoms with Crippen LogP contribution in [0.15, 0.2) is 42.5 Å². The highest BCUT2D eigenvalue weighted by molar-refractivity contribution is 5.80. The maximum absolute atomic E-state index is 14.0. The third-order valence-corrected chi connectivity index (χ3v) is 3.96. The van der Waals surface area contributed by atoms with Crippen LogP contribution in [0.1, 0.15) is 23.5 Å². The highest BCUT2D eigenvalue weighted by Gasteiger charge is 2.21. The fourth-order valence-corrected chi connectivity index (χ4v) is 2.50. The normalized spacial score (nSPS) is 11.7. The van der Waals surface area contributed by atoms with E-state index in [1.807, 2.05) is 0 Å². The number of hydrogen-bond donors (Lipinski definition) is 2. The predicted molar refractivity (Wildman–Crippen MR) is 91.1 cm³/mol. The van der Waals surface area contributed by atoms with Gasteiger partial charge in [-0.3, -0.25) is 9.59 Å². The Kier molecular flexibility index (Phi) is 6.66. The van der Waals surface area contributed by atoms with Crippen molar-refractivity contribution in [1.82, 2.24) is 5.32 Å². The molecule has 0 fully saturated rings. The zero-order valence-corrected chi connectivity index (χ0v) is 14.2. The van der Waals surface area contributed by atoms with Gasteiger partial charge in [-0.25, -0.2) is 8.78 Å². The van der Waals surface area contributed by atoms with E-state index in [0.29, 0.717) is 11.1 Å². The van der Waals surface area contributed by atoms with E-state index in [4.69, 9.17) is 4.74 Å². The minimum Gasteiger partial charge on any atom is -0.494 e. The third kappa shape index (κ3) is 5.02. The molecule has 138 valence electrons. The van der Waals surface area contributed by atoms with Gasteiger partial charge in [0, 0.05) is 13.0 Å². The Hall–Kier alpha value is -2.96. The number of aryl methyl sites for hydroxylation is 1. The van der Waals surface area contributed by atoms with Gasteiger partial charge in [0.15, 0.2) is 11.6 Å². The molecule has 2 aromatic carbocycles. The van der Waals surface area contributed by atoms with E-state index in [1.165, 1.54) is 37.4 Å². The molecule has 0 spiro atoms. The van der Waals surface area contributed by atoms with Gasteiger partial charge < -0.3 is 15.2 Å². The first-order valence-corrected chi connectivity index (χ1v) is 7.98. The SMILES string of the molecule is COc1cccc(CCC(=O)NCC(C(=O)O)c2ccc(F)cc2)c1F. The molecule has 0 saturated heterocycles. The predicted octanol–water partition coefficient (Wildman–Crippen LogP) is 2.89. The fourth-order valence-electron chi connectivity index (χ4n) is 2.50. The second-order valence-electron chi connectivity index (χ2n) is 5.68. The van der Waals surface area contributed by atoms with E-state index < -0.39 is 29.4 Å². The van der Waals surface area contributed by atoms with E-state index in [0.717, 1.165) is 0 Å². The third-order valence-electron chi connectivity index (χ3n) is 3.96. The minimum atomic E-state index is -1.13. The number of nitrogens with one attached hydrogen (secondary N) is 1. The molecule has 5 nitrogen and oxygen atoms in total. The van der Waals surface area contributed by atoms with Gasteiger partial charge in [0.1, 0.15) is 5.82 Å². The minimum absolute atomic E-state index is 0.000154. The van der Waals surface area contributed by atoms with Gasteiger partial charge >= 0.3 is 5.97 Å². The van der Waals surface area contributed by atoms with Crippen molar-refractivity contribution in [2.24, 2.45) is 0 Å². The molecular formula is C19H19F2NO4. The average molecular weight is 363 g/mol. The van der Waals surface area contributed by atoms with Crippen LogP contribution < -0.4 is 10.1 Å². The molecule has 0 radical (unpaired) electrons. The van der Waals surface area contributed by atoms with Crippen molar-refractivity contribution in [2.45, 2.75) is 18.8 Å². The average Bonchev–Trinajstić information content (AvgIpc) is 2.62. The number of methoxy groups -OCH3 is 1. The lowest BCUT2D eigenvalue weighted by Gasteiger charge is -2.14. The molecule has 1 amide bonds. The number of carbonyl (C=O) groups is 2.